The van der Waals surface area contributed by atoms with Gasteiger partial charge in [-0.3, -0.25) is 9.69 Å². The molecule has 1 atom stereocenters. The van der Waals surface area contributed by atoms with Crippen molar-refractivity contribution in [1.82, 2.24) is 29.9 Å². The van der Waals surface area contributed by atoms with Gasteiger partial charge in [0.05, 0.1) is 6.04 Å². The molecule has 1 saturated heterocycles. The van der Waals surface area contributed by atoms with E-state index in [1.807, 2.05) is 16.4 Å². The SMILES string of the molecule is CC(NC(=O)C1CCN(C)CC1)c1nnc2n1CCN(Cc1c(F)ccc(F)c1F)CC2. The van der Waals surface area contributed by atoms with Gasteiger partial charge in [-0.2, -0.15) is 0 Å². The second-order valence-electron chi connectivity index (χ2n) is 8.78. The Bertz CT molecular complexity index is 973. The minimum atomic E-state index is -1.14. The number of hydrogen-bond acceptors (Lipinski definition) is 5. The fourth-order valence-electron chi connectivity index (χ4n) is 4.47. The van der Waals surface area contributed by atoms with Crippen molar-refractivity contribution in [2.24, 2.45) is 5.92 Å². The molecule has 4 rings (SSSR count). The van der Waals surface area contributed by atoms with Gasteiger partial charge in [-0.25, -0.2) is 13.2 Å². The zero-order chi connectivity index (χ0) is 22.8. The Hall–Kier alpha value is -2.46. The van der Waals surface area contributed by atoms with Crippen LogP contribution in [0.25, 0.3) is 0 Å². The summed E-state index contributed by atoms with van der Waals surface area (Å²) in [7, 11) is 2.06. The van der Waals surface area contributed by atoms with Gasteiger partial charge in [0.25, 0.3) is 0 Å². The fraction of sp³-hybridized carbons (Fsp3) is 0.591. The molecule has 2 aliphatic heterocycles. The van der Waals surface area contributed by atoms with Gasteiger partial charge in [0.1, 0.15) is 11.6 Å². The van der Waals surface area contributed by atoms with Gasteiger partial charge in [-0.1, -0.05) is 0 Å². The van der Waals surface area contributed by atoms with Gasteiger partial charge < -0.3 is 14.8 Å². The molecule has 1 N–H and O–H groups in total. The lowest BCUT2D eigenvalue weighted by atomic mass is 9.96. The zero-order valence-electron chi connectivity index (χ0n) is 18.5. The topological polar surface area (TPSA) is 66.3 Å². The van der Waals surface area contributed by atoms with E-state index in [0.717, 1.165) is 43.9 Å². The predicted molar refractivity (Wildman–Crippen MR) is 112 cm³/mol. The molecule has 1 unspecified atom stereocenters. The van der Waals surface area contributed by atoms with Crippen LogP contribution in [0.2, 0.25) is 0 Å². The molecule has 2 aromatic rings. The van der Waals surface area contributed by atoms with Gasteiger partial charge in [0.15, 0.2) is 17.5 Å². The van der Waals surface area contributed by atoms with Crippen LogP contribution in [0.1, 0.15) is 43.0 Å². The second kappa shape index (κ2) is 9.58. The average Bonchev–Trinajstić information content (AvgIpc) is 3.08. The van der Waals surface area contributed by atoms with Crippen LogP contribution in [0, 0.1) is 23.4 Å². The Morgan fingerprint density at radius 1 is 1.09 bits per heavy atom. The number of nitrogens with one attached hydrogen (secondary N) is 1. The molecule has 0 bridgehead atoms. The molecule has 0 spiro atoms. The third-order valence-corrected chi connectivity index (χ3v) is 6.50. The molecule has 10 heteroatoms. The summed E-state index contributed by atoms with van der Waals surface area (Å²) in [6, 6.07) is 1.45. The lowest BCUT2D eigenvalue weighted by molar-refractivity contribution is -0.127. The molecule has 32 heavy (non-hydrogen) atoms. The first kappa shape index (κ1) is 22.7. The Kier molecular flexibility index (Phi) is 6.80. The monoisotopic (exact) mass is 450 g/mol. The summed E-state index contributed by atoms with van der Waals surface area (Å²) in [5.74, 6) is -1.46. The number of carbonyl (C=O) groups excluding carboxylic acids is 1. The van der Waals surface area contributed by atoms with Gasteiger partial charge in [0, 0.05) is 44.1 Å². The van der Waals surface area contributed by atoms with Crippen LogP contribution >= 0.6 is 0 Å². The number of hydrogen-bond donors (Lipinski definition) is 1. The van der Waals surface area contributed by atoms with E-state index in [2.05, 4.69) is 27.5 Å². The maximum absolute atomic E-state index is 14.1. The van der Waals surface area contributed by atoms with E-state index in [9.17, 15) is 18.0 Å². The van der Waals surface area contributed by atoms with Gasteiger partial charge in [-0.05, 0) is 52.0 Å². The van der Waals surface area contributed by atoms with Crippen LogP contribution < -0.4 is 5.32 Å². The molecule has 174 valence electrons. The largest absolute Gasteiger partial charge is 0.346 e. The Balaban J connectivity index is 1.40. The van der Waals surface area contributed by atoms with E-state index in [0.29, 0.717) is 31.9 Å². The number of halogens is 3. The molecule has 1 aromatic carbocycles. The summed E-state index contributed by atoms with van der Waals surface area (Å²) in [6.45, 7) is 5.23. The number of aromatic nitrogens is 3. The van der Waals surface area contributed by atoms with Crippen molar-refractivity contribution in [2.45, 2.75) is 45.3 Å². The number of likely N-dealkylation sites (tertiary alicyclic amines) is 1. The maximum atomic E-state index is 14.1. The predicted octanol–water partition coefficient (Wildman–Crippen LogP) is 2.27. The van der Waals surface area contributed by atoms with E-state index in [1.165, 1.54) is 0 Å². The first-order valence-corrected chi connectivity index (χ1v) is 11.1. The maximum Gasteiger partial charge on any atom is 0.223 e. The van der Waals surface area contributed by atoms with E-state index in [1.54, 1.807) is 0 Å². The Morgan fingerprint density at radius 2 is 1.81 bits per heavy atom. The summed E-state index contributed by atoms with van der Waals surface area (Å²) in [6.07, 6.45) is 2.23. The molecule has 7 nitrogen and oxygen atoms in total. The zero-order valence-corrected chi connectivity index (χ0v) is 18.5. The number of piperidine rings is 1. The molecular formula is C22H29F3N6O. The van der Waals surface area contributed by atoms with Crippen LogP contribution in [-0.2, 0) is 24.3 Å². The first-order valence-electron chi connectivity index (χ1n) is 11.1. The normalized spacial score (nSPS) is 19.4. The highest BCUT2D eigenvalue weighted by Gasteiger charge is 2.28. The van der Waals surface area contributed by atoms with Crippen molar-refractivity contribution >= 4 is 5.91 Å². The Morgan fingerprint density at radius 3 is 2.56 bits per heavy atom. The lowest BCUT2D eigenvalue weighted by Crippen LogP contribution is -2.40. The number of rotatable bonds is 5. The van der Waals surface area contributed by atoms with Crippen LogP contribution in [-0.4, -0.2) is 63.7 Å². The van der Waals surface area contributed by atoms with Crippen molar-refractivity contribution < 1.29 is 18.0 Å². The molecule has 0 radical (unpaired) electrons. The lowest BCUT2D eigenvalue weighted by Gasteiger charge is -2.29. The molecule has 0 aliphatic carbocycles. The van der Waals surface area contributed by atoms with Crippen LogP contribution in [0.15, 0.2) is 12.1 Å². The number of fused-ring (bicyclic) bond motifs is 1. The number of benzene rings is 1. The molecule has 2 aliphatic rings. The molecule has 1 fully saturated rings. The first-order chi connectivity index (χ1) is 15.3. The number of amides is 1. The highest BCUT2D eigenvalue weighted by Crippen LogP contribution is 2.22. The smallest absolute Gasteiger partial charge is 0.223 e. The summed E-state index contributed by atoms with van der Waals surface area (Å²) in [5.41, 5.74) is -0.262. The molecule has 0 saturated carbocycles. The molecule has 1 amide bonds. The van der Waals surface area contributed by atoms with E-state index in [4.69, 9.17) is 0 Å². The molecule has 3 heterocycles. The Labute approximate surface area is 185 Å². The van der Waals surface area contributed by atoms with Crippen molar-refractivity contribution in [2.75, 3.05) is 33.2 Å². The van der Waals surface area contributed by atoms with Crippen molar-refractivity contribution in [3.05, 3.63) is 46.8 Å². The third-order valence-electron chi connectivity index (χ3n) is 6.50. The minimum absolute atomic E-state index is 0.00623. The highest BCUT2D eigenvalue weighted by molar-refractivity contribution is 5.79. The van der Waals surface area contributed by atoms with Crippen LogP contribution in [0.5, 0.6) is 0 Å². The summed E-state index contributed by atoms with van der Waals surface area (Å²) >= 11 is 0. The van der Waals surface area contributed by atoms with Crippen molar-refractivity contribution in [3.63, 3.8) is 0 Å². The fourth-order valence-corrected chi connectivity index (χ4v) is 4.47. The number of nitrogens with zero attached hydrogens (tertiary/aromatic N) is 5. The minimum Gasteiger partial charge on any atom is -0.346 e. The summed E-state index contributed by atoms with van der Waals surface area (Å²) in [5, 5.41) is 11.7. The third kappa shape index (κ3) is 4.80. The summed E-state index contributed by atoms with van der Waals surface area (Å²) < 4.78 is 43.6. The molecule has 1 aromatic heterocycles. The van der Waals surface area contributed by atoms with E-state index in [-0.39, 0.29) is 30.0 Å². The van der Waals surface area contributed by atoms with Gasteiger partial charge in [0.2, 0.25) is 5.91 Å². The van der Waals surface area contributed by atoms with E-state index >= 15 is 0 Å². The number of carbonyl (C=O) groups is 1. The van der Waals surface area contributed by atoms with Crippen molar-refractivity contribution in [1.29, 1.82) is 0 Å². The van der Waals surface area contributed by atoms with Crippen molar-refractivity contribution in [3.8, 4) is 0 Å². The standard InChI is InChI=1S/C22H29F3N6O/c1-14(26-22(32)15-5-8-29(2)9-6-15)21-28-27-19-7-10-30(11-12-31(19)21)13-16-17(23)3-4-18(24)20(16)25/h3-4,14-15H,5-13H2,1-2H3,(H,26,32). The van der Waals surface area contributed by atoms with Gasteiger partial charge >= 0.3 is 0 Å². The second-order valence-corrected chi connectivity index (χ2v) is 8.78. The van der Waals surface area contributed by atoms with Crippen LogP contribution in [0.4, 0.5) is 13.2 Å². The highest BCUT2D eigenvalue weighted by atomic mass is 19.2. The average molecular weight is 451 g/mol. The molecular weight excluding hydrogens is 421 g/mol. The van der Waals surface area contributed by atoms with E-state index < -0.39 is 17.5 Å². The summed E-state index contributed by atoms with van der Waals surface area (Å²) in [4.78, 5) is 16.8. The van der Waals surface area contributed by atoms with Gasteiger partial charge in [-0.15, -0.1) is 10.2 Å². The quantitative estimate of drug-likeness (QED) is 0.708. The van der Waals surface area contributed by atoms with Crippen LogP contribution in [0.3, 0.4) is 0 Å².